The van der Waals surface area contributed by atoms with Crippen molar-refractivity contribution in [1.82, 2.24) is 5.32 Å². The van der Waals surface area contributed by atoms with Gasteiger partial charge in [0, 0.05) is 6.42 Å². The highest BCUT2D eigenvalue weighted by molar-refractivity contribution is 5.76. The molecule has 0 aliphatic carbocycles. The minimum Gasteiger partial charge on any atom is -0.394 e. The van der Waals surface area contributed by atoms with Gasteiger partial charge in [-0.1, -0.05) is 102 Å². The lowest BCUT2D eigenvalue weighted by atomic mass is 9.99. The molecular formula is C31H57NO8. The van der Waals surface area contributed by atoms with E-state index < -0.39 is 49.5 Å². The lowest BCUT2D eigenvalue weighted by Crippen LogP contribution is -2.60. The lowest BCUT2D eigenvalue weighted by molar-refractivity contribution is -0.302. The topological polar surface area (TPSA) is 149 Å². The van der Waals surface area contributed by atoms with Crippen LogP contribution in [0.15, 0.2) is 24.3 Å². The number of amides is 1. The van der Waals surface area contributed by atoms with E-state index in [-0.39, 0.29) is 12.5 Å². The third kappa shape index (κ3) is 15.6. The number of rotatable bonds is 23. The van der Waals surface area contributed by atoms with Gasteiger partial charge in [-0.15, -0.1) is 0 Å². The number of nitrogens with one attached hydrogen (secondary N) is 1. The van der Waals surface area contributed by atoms with E-state index in [1.165, 1.54) is 44.9 Å². The first-order valence-electron chi connectivity index (χ1n) is 15.6. The molecule has 1 heterocycles. The van der Waals surface area contributed by atoms with Gasteiger partial charge in [-0.05, 0) is 25.7 Å². The second-order valence-electron chi connectivity index (χ2n) is 10.9. The Kier molecular flexibility index (Phi) is 21.3. The molecule has 0 spiro atoms. The Hall–Kier alpha value is -1.33. The summed E-state index contributed by atoms with van der Waals surface area (Å²) < 4.78 is 11.0. The Morgan fingerprint density at radius 1 is 0.825 bits per heavy atom. The van der Waals surface area contributed by atoms with Gasteiger partial charge in [0.05, 0.1) is 25.4 Å². The fraction of sp³-hybridized carbons (Fsp3) is 0.839. The normalized spacial score (nSPS) is 25.0. The highest BCUT2D eigenvalue weighted by Crippen LogP contribution is 2.22. The van der Waals surface area contributed by atoms with Crippen LogP contribution in [0.3, 0.4) is 0 Å². The molecular weight excluding hydrogens is 514 g/mol. The zero-order valence-electron chi connectivity index (χ0n) is 24.8. The first kappa shape index (κ1) is 36.7. The van der Waals surface area contributed by atoms with E-state index in [1.54, 1.807) is 6.08 Å². The Bertz CT molecular complexity index is 686. The van der Waals surface area contributed by atoms with Crippen LogP contribution in [0, 0.1) is 0 Å². The van der Waals surface area contributed by atoms with Gasteiger partial charge in [-0.2, -0.15) is 0 Å². The van der Waals surface area contributed by atoms with Crippen molar-refractivity contribution in [3.63, 3.8) is 0 Å². The van der Waals surface area contributed by atoms with Crippen LogP contribution in [0.25, 0.3) is 0 Å². The average Bonchev–Trinajstić information content (AvgIpc) is 2.95. The second kappa shape index (κ2) is 23.3. The van der Waals surface area contributed by atoms with Crippen LogP contribution in [0.4, 0.5) is 0 Å². The maximum absolute atomic E-state index is 12.7. The molecule has 1 saturated heterocycles. The van der Waals surface area contributed by atoms with Gasteiger partial charge in [0.15, 0.2) is 6.29 Å². The lowest BCUT2D eigenvalue weighted by Gasteiger charge is -2.40. The summed E-state index contributed by atoms with van der Waals surface area (Å²) in [4.78, 5) is 12.7. The molecule has 1 aliphatic heterocycles. The summed E-state index contributed by atoms with van der Waals surface area (Å²) in [7, 11) is 0. The number of aliphatic hydroxyl groups excluding tert-OH is 5. The highest BCUT2D eigenvalue weighted by Gasteiger charge is 2.44. The Labute approximate surface area is 241 Å². The zero-order chi connectivity index (χ0) is 29.6. The summed E-state index contributed by atoms with van der Waals surface area (Å²) in [5, 5.41) is 53.3. The first-order valence-corrected chi connectivity index (χ1v) is 15.6. The van der Waals surface area contributed by atoms with Crippen LogP contribution in [0.2, 0.25) is 0 Å². The molecule has 234 valence electrons. The number of allylic oxidation sites excluding steroid dienone is 3. The third-order valence-corrected chi connectivity index (χ3v) is 7.28. The SMILES string of the molecule is CCCC/C=C/CC/C=C/C(O)C(COC1OC(CO)C(O)C(O)C1O)NC(=O)CCCCCCCCCCC. The molecule has 7 atom stereocenters. The average molecular weight is 572 g/mol. The zero-order valence-corrected chi connectivity index (χ0v) is 24.8. The molecule has 0 aromatic carbocycles. The van der Waals surface area contributed by atoms with E-state index in [9.17, 15) is 30.3 Å². The molecule has 0 bridgehead atoms. The Morgan fingerprint density at radius 3 is 2.08 bits per heavy atom. The second-order valence-corrected chi connectivity index (χ2v) is 10.9. The van der Waals surface area contributed by atoms with Crippen LogP contribution in [-0.4, -0.2) is 87.5 Å². The number of carbonyl (C=O) groups is 1. The summed E-state index contributed by atoms with van der Waals surface area (Å²) >= 11 is 0. The predicted octanol–water partition coefficient (Wildman–Crippen LogP) is 3.65. The predicted molar refractivity (Wildman–Crippen MR) is 157 cm³/mol. The van der Waals surface area contributed by atoms with E-state index in [4.69, 9.17) is 9.47 Å². The molecule has 6 N–H and O–H groups in total. The van der Waals surface area contributed by atoms with Crippen LogP contribution in [-0.2, 0) is 14.3 Å². The fourth-order valence-electron chi connectivity index (χ4n) is 4.62. The van der Waals surface area contributed by atoms with Gasteiger partial charge in [0.25, 0.3) is 0 Å². The molecule has 1 aliphatic rings. The number of carbonyl (C=O) groups excluding carboxylic acids is 1. The number of aliphatic hydroxyl groups is 5. The van der Waals surface area contributed by atoms with Crippen molar-refractivity contribution in [2.75, 3.05) is 13.2 Å². The number of ether oxygens (including phenoxy) is 2. The molecule has 9 heteroatoms. The van der Waals surface area contributed by atoms with E-state index in [1.807, 2.05) is 6.08 Å². The maximum Gasteiger partial charge on any atom is 0.220 e. The third-order valence-electron chi connectivity index (χ3n) is 7.28. The standard InChI is InChI=1S/C31H57NO8/c1-3-5-7-9-11-13-15-17-19-21-27(35)32-24(25(34)20-18-16-14-12-10-8-6-4-2)23-39-31-30(38)29(37)28(36)26(22-33)40-31/h10,12,18,20,24-26,28-31,33-34,36-38H,3-9,11,13-17,19,21-23H2,1-2H3,(H,32,35)/b12-10+,20-18+. The highest BCUT2D eigenvalue weighted by atomic mass is 16.7. The number of hydrogen-bond donors (Lipinski definition) is 6. The Balaban J connectivity index is 2.60. The smallest absolute Gasteiger partial charge is 0.220 e. The first-order chi connectivity index (χ1) is 19.3. The minimum absolute atomic E-state index is 0.198. The monoisotopic (exact) mass is 571 g/mol. The summed E-state index contributed by atoms with van der Waals surface area (Å²) in [6, 6.07) is -0.810. The molecule has 0 aromatic heterocycles. The molecule has 0 aromatic rings. The molecule has 7 unspecified atom stereocenters. The summed E-state index contributed by atoms with van der Waals surface area (Å²) in [6.45, 7) is 3.60. The van der Waals surface area contributed by atoms with Crippen molar-refractivity contribution < 1.29 is 39.8 Å². The summed E-state index contributed by atoms with van der Waals surface area (Å²) in [5.74, 6) is -0.198. The quantitative estimate of drug-likeness (QED) is 0.0804. The van der Waals surface area contributed by atoms with Gasteiger partial charge in [0.1, 0.15) is 24.4 Å². The van der Waals surface area contributed by atoms with E-state index >= 15 is 0 Å². The maximum atomic E-state index is 12.7. The van der Waals surface area contributed by atoms with Gasteiger partial charge < -0.3 is 40.3 Å². The van der Waals surface area contributed by atoms with Crippen LogP contribution >= 0.6 is 0 Å². The van der Waals surface area contributed by atoms with Crippen molar-refractivity contribution in [3.8, 4) is 0 Å². The Morgan fingerprint density at radius 2 is 1.43 bits per heavy atom. The van der Waals surface area contributed by atoms with Gasteiger partial charge in [-0.25, -0.2) is 0 Å². The van der Waals surface area contributed by atoms with Crippen LogP contribution in [0.1, 0.15) is 110 Å². The molecule has 9 nitrogen and oxygen atoms in total. The van der Waals surface area contributed by atoms with E-state index in [0.29, 0.717) is 6.42 Å². The number of unbranched alkanes of at least 4 members (excludes halogenated alkanes) is 11. The van der Waals surface area contributed by atoms with E-state index in [2.05, 4.69) is 31.3 Å². The van der Waals surface area contributed by atoms with Crippen molar-refractivity contribution in [2.24, 2.45) is 0 Å². The molecule has 0 saturated carbocycles. The number of hydrogen-bond acceptors (Lipinski definition) is 8. The van der Waals surface area contributed by atoms with Crippen molar-refractivity contribution in [2.45, 2.75) is 153 Å². The van der Waals surface area contributed by atoms with Gasteiger partial charge in [0.2, 0.25) is 5.91 Å². The van der Waals surface area contributed by atoms with Crippen LogP contribution in [0.5, 0.6) is 0 Å². The van der Waals surface area contributed by atoms with Crippen molar-refractivity contribution in [3.05, 3.63) is 24.3 Å². The molecule has 0 radical (unpaired) electrons. The van der Waals surface area contributed by atoms with E-state index in [0.717, 1.165) is 44.9 Å². The van der Waals surface area contributed by atoms with Gasteiger partial charge in [-0.3, -0.25) is 4.79 Å². The molecule has 40 heavy (non-hydrogen) atoms. The minimum atomic E-state index is -1.56. The molecule has 1 fully saturated rings. The van der Waals surface area contributed by atoms with Crippen LogP contribution < -0.4 is 5.32 Å². The summed E-state index contributed by atoms with van der Waals surface area (Å²) in [5.41, 5.74) is 0. The molecule has 1 rings (SSSR count). The largest absolute Gasteiger partial charge is 0.394 e. The molecule has 1 amide bonds. The van der Waals surface area contributed by atoms with Crippen molar-refractivity contribution in [1.29, 1.82) is 0 Å². The van der Waals surface area contributed by atoms with Gasteiger partial charge >= 0.3 is 0 Å². The fourth-order valence-corrected chi connectivity index (χ4v) is 4.62. The van der Waals surface area contributed by atoms with Crippen molar-refractivity contribution >= 4 is 5.91 Å². The summed E-state index contributed by atoms with van der Waals surface area (Å²) in [6.07, 6.45) is 15.3.